The first-order valence-corrected chi connectivity index (χ1v) is 2.83. The predicted octanol–water partition coefficient (Wildman–Crippen LogP) is 1.81. The van der Waals surface area contributed by atoms with Crippen molar-refractivity contribution in [3.63, 3.8) is 0 Å². The van der Waals surface area contributed by atoms with Crippen LogP contribution in [0.15, 0.2) is 22.8 Å². The molecule has 1 aromatic heterocycles. The van der Waals surface area contributed by atoms with Gasteiger partial charge in [0, 0.05) is 15.9 Å². The predicted molar refractivity (Wildman–Crippen MR) is 32.0 cm³/mol. The lowest BCUT2D eigenvalue weighted by Gasteiger charge is -1.77. The van der Waals surface area contributed by atoms with Crippen LogP contribution in [0.4, 0.5) is 0 Å². The zero-order chi connectivity index (χ0) is 5.98. The third-order valence-corrected chi connectivity index (χ3v) is 1.11. The Balaban J connectivity index is 2.93. The Morgan fingerprint density at radius 2 is 2.50 bits per heavy atom. The number of carbonyl (C=O) groups excluding carboxylic acids is 1. The first kappa shape index (κ1) is 5.56. The summed E-state index contributed by atoms with van der Waals surface area (Å²) in [4.78, 5) is 10.3. The largest absolute Gasteiger partial charge is 0.460 e. The normalized spacial score (nSPS) is 9.12. The van der Waals surface area contributed by atoms with Crippen LogP contribution in [0.3, 0.4) is 0 Å². The maximum absolute atomic E-state index is 10.3. The van der Waals surface area contributed by atoms with Gasteiger partial charge in [-0.2, -0.15) is 0 Å². The van der Waals surface area contributed by atoms with Crippen molar-refractivity contribution >= 4 is 20.6 Å². The molecule has 1 heterocycles. The van der Waals surface area contributed by atoms with Crippen LogP contribution in [0, 0.1) is 0 Å². The van der Waals surface area contributed by atoms with E-state index in [0.29, 0.717) is 5.76 Å². The summed E-state index contributed by atoms with van der Waals surface area (Å²) in [7, 11) is 0. The van der Waals surface area contributed by atoms with Crippen LogP contribution in [0.2, 0.25) is 0 Å². The van der Waals surface area contributed by atoms with Crippen LogP contribution in [-0.2, 0) is 0 Å². The summed E-state index contributed by atoms with van der Waals surface area (Å²) < 4.78 is 4.48. The van der Waals surface area contributed by atoms with Gasteiger partial charge in [-0.1, -0.05) is 0 Å². The summed E-state index contributed by atoms with van der Waals surface area (Å²) in [5, 5.41) is 0. The van der Waals surface area contributed by atoms with Gasteiger partial charge in [0.15, 0.2) is 5.76 Å². The molecule has 0 fully saturated rings. The smallest absolute Gasteiger partial charge is 0.263 e. The average Bonchev–Trinajstić information content (AvgIpc) is 2.12. The number of carbonyl (C=O) groups is 1. The van der Waals surface area contributed by atoms with Crippen molar-refractivity contribution in [2.75, 3.05) is 0 Å². The lowest BCUT2D eigenvalue weighted by Crippen LogP contribution is -1.79. The van der Waals surface area contributed by atoms with E-state index in [1.165, 1.54) is 6.26 Å². The summed E-state index contributed by atoms with van der Waals surface area (Å²) in [6.45, 7) is 0. The van der Waals surface area contributed by atoms with Gasteiger partial charge in [0.2, 0.25) is 0 Å². The fourth-order valence-corrected chi connectivity index (χ4v) is 0.616. The fourth-order valence-electron chi connectivity index (χ4n) is 0.390. The lowest BCUT2D eigenvalue weighted by molar-refractivity contribution is 0.107. The van der Waals surface area contributed by atoms with Crippen LogP contribution < -0.4 is 0 Å². The van der Waals surface area contributed by atoms with E-state index >= 15 is 0 Å². The number of halogens is 1. The van der Waals surface area contributed by atoms with Gasteiger partial charge in [0.25, 0.3) is 4.69 Å². The van der Waals surface area contributed by atoms with E-state index in [1.807, 2.05) is 0 Å². The van der Waals surface area contributed by atoms with Crippen LogP contribution in [0.5, 0.6) is 0 Å². The average molecular weight is 175 g/mol. The highest BCUT2D eigenvalue weighted by atomic mass is 79.9. The van der Waals surface area contributed by atoms with Gasteiger partial charge in [0.05, 0.1) is 6.26 Å². The SMILES string of the molecule is O=C(Br)c1ccco1. The third-order valence-electron chi connectivity index (χ3n) is 0.715. The second-order valence-electron chi connectivity index (χ2n) is 1.25. The van der Waals surface area contributed by atoms with Crippen molar-refractivity contribution in [3.05, 3.63) is 24.2 Å². The summed E-state index contributed by atoms with van der Waals surface area (Å²) in [5.74, 6) is 0.338. The first-order valence-electron chi connectivity index (χ1n) is 2.04. The molecule has 0 aliphatic heterocycles. The Morgan fingerprint density at radius 3 is 2.75 bits per heavy atom. The molecule has 42 valence electrons. The monoisotopic (exact) mass is 174 g/mol. The maximum Gasteiger partial charge on any atom is 0.263 e. The van der Waals surface area contributed by atoms with Crippen molar-refractivity contribution in [1.29, 1.82) is 0 Å². The maximum atomic E-state index is 10.3. The standard InChI is InChI=1S/C5H3BrO2/c6-5(7)4-2-1-3-8-4/h1-3H. The van der Waals surface area contributed by atoms with Gasteiger partial charge in [-0.3, -0.25) is 4.79 Å². The van der Waals surface area contributed by atoms with E-state index in [1.54, 1.807) is 12.1 Å². The Hall–Kier alpha value is -0.570. The van der Waals surface area contributed by atoms with Crippen LogP contribution in [0.25, 0.3) is 0 Å². The number of furan rings is 1. The summed E-state index contributed by atoms with van der Waals surface area (Å²) in [5.41, 5.74) is 0. The van der Waals surface area contributed by atoms with Crippen molar-refractivity contribution < 1.29 is 9.21 Å². The van der Waals surface area contributed by atoms with Gasteiger partial charge in [-0.25, -0.2) is 0 Å². The molecule has 0 saturated carbocycles. The van der Waals surface area contributed by atoms with Gasteiger partial charge >= 0.3 is 0 Å². The fraction of sp³-hybridized carbons (Fsp3) is 0. The first-order chi connectivity index (χ1) is 3.80. The van der Waals surface area contributed by atoms with Gasteiger partial charge in [0.1, 0.15) is 0 Å². The van der Waals surface area contributed by atoms with E-state index in [4.69, 9.17) is 4.42 Å². The number of rotatable bonds is 1. The van der Waals surface area contributed by atoms with E-state index in [0.717, 1.165) is 0 Å². The molecule has 0 unspecified atom stereocenters. The zero-order valence-corrected chi connectivity index (χ0v) is 5.51. The second-order valence-corrected chi connectivity index (χ2v) is 1.97. The molecule has 0 aliphatic carbocycles. The van der Waals surface area contributed by atoms with Gasteiger partial charge < -0.3 is 4.42 Å². The lowest BCUT2D eigenvalue weighted by atomic mass is 10.5. The second kappa shape index (κ2) is 2.13. The van der Waals surface area contributed by atoms with Crippen molar-refractivity contribution in [2.24, 2.45) is 0 Å². The number of hydrogen-bond donors (Lipinski definition) is 0. The minimum Gasteiger partial charge on any atom is -0.460 e. The highest BCUT2D eigenvalue weighted by Gasteiger charge is 2.00. The molecule has 1 aromatic rings. The van der Waals surface area contributed by atoms with Crippen molar-refractivity contribution in [3.8, 4) is 0 Å². The number of hydrogen-bond acceptors (Lipinski definition) is 2. The summed E-state index contributed by atoms with van der Waals surface area (Å²) >= 11 is 2.73. The molecule has 0 atom stereocenters. The highest BCUT2D eigenvalue weighted by Crippen LogP contribution is 2.04. The van der Waals surface area contributed by atoms with Gasteiger partial charge in [-0.05, 0) is 12.1 Å². The molecule has 0 amide bonds. The van der Waals surface area contributed by atoms with Crippen molar-refractivity contribution in [2.45, 2.75) is 0 Å². The van der Waals surface area contributed by atoms with Crippen LogP contribution in [-0.4, -0.2) is 4.69 Å². The molecule has 3 heteroatoms. The molecular weight excluding hydrogens is 172 g/mol. The van der Waals surface area contributed by atoms with Crippen LogP contribution in [0.1, 0.15) is 10.6 Å². The molecule has 0 bridgehead atoms. The molecule has 0 spiro atoms. The minimum atomic E-state index is -0.220. The zero-order valence-electron chi connectivity index (χ0n) is 3.93. The van der Waals surface area contributed by atoms with E-state index in [-0.39, 0.29) is 4.69 Å². The van der Waals surface area contributed by atoms with Crippen molar-refractivity contribution in [1.82, 2.24) is 0 Å². The molecule has 1 rings (SSSR count). The molecule has 0 saturated heterocycles. The third kappa shape index (κ3) is 0.980. The Kier molecular flexibility index (Phi) is 1.48. The van der Waals surface area contributed by atoms with Gasteiger partial charge in [-0.15, -0.1) is 0 Å². The molecule has 0 aliphatic rings. The minimum absolute atomic E-state index is 0.220. The molecule has 0 N–H and O–H groups in total. The molecule has 2 nitrogen and oxygen atoms in total. The molecule has 0 radical (unpaired) electrons. The topological polar surface area (TPSA) is 30.2 Å². The van der Waals surface area contributed by atoms with Crippen LogP contribution >= 0.6 is 15.9 Å². The Labute approximate surface area is 54.6 Å². The van der Waals surface area contributed by atoms with E-state index in [2.05, 4.69) is 15.9 Å². The molecule has 0 aromatic carbocycles. The summed E-state index contributed by atoms with van der Waals surface area (Å²) in [6, 6.07) is 3.26. The van der Waals surface area contributed by atoms with E-state index in [9.17, 15) is 4.79 Å². The van der Waals surface area contributed by atoms with E-state index < -0.39 is 0 Å². The Bertz CT molecular complexity index is 178. The Morgan fingerprint density at radius 1 is 1.75 bits per heavy atom. The molecular formula is C5H3BrO2. The molecule has 8 heavy (non-hydrogen) atoms. The summed E-state index contributed by atoms with van der Waals surface area (Å²) in [6.07, 6.45) is 1.45. The highest BCUT2D eigenvalue weighted by molar-refractivity contribution is 9.18. The quantitative estimate of drug-likeness (QED) is 0.609.